The van der Waals surface area contributed by atoms with Crippen LogP contribution in [-0.4, -0.2) is 10.1 Å². The molecule has 2 atom stereocenters. The molecule has 0 aliphatic heterocycles. The van der Waals surface area contributed by atoms with Gasteiger partial charge in [0.15, 0.2) is 0 Å². The van der Waals surface area contributed by atoms with Gasteiger partial charge in [0.2, 0.25) is 0 Å². The molecule has 4 rings (SSSR count). The van der Waals surface area contributed by atoms with Gasteiger partial charge in [0.1, 0.15) is 0 Å². The lowest BCUT2D eigenvalue weighted by Crippen LogP contribution is -2.10. The molecule has 102 valence electrons. The molecule has 20 heavy (non-hydrogen) atoms. The molecule has 1 saturated carbocycles. The fourth-order valence-corrected chi connectivity index (χ4v) is 3.23. The zero-order valence-electron chi connectivity index (χ0n) is 11.6. The molecule has 2 heteroatoms. The molecule has 0 amide bonds. The lowest BCUT2D eigenvalue weighted by Gasteiger charge is -2.18. The van der Waals surface area contributed by atoms with E-state index in [9.17, 15) is 5.11 Å². The van der Waals surface area contributed by atoms with Gasteiger partial charge < -0.3 is 10.1 Å². The topological polar surface area (TPSA) is 36.0 Å². The first-order valence-electron chi connectivity index (χ1n) is 7.42. The zero-order chi connectivity index (χ0) is 13.7. The number of aromatic amines is 1. The molecule has 3 aromatic rings. The molecule has 1 aromatic heterocycles. The Morgan fingerprint density at radius 1 is 1.05 bits per heavy atom. The van der Waals surface area contributed by atoms with Crippen LogP contribution in [0.25, 0.3) is 21.8 Å². The van der Waals surface area contributed by atoms with E-state index in [1.54, 1.807) is 0 Å². The average molecular weight is 265 g/mol. The molecule has 2 N–H and O–H groups in total. The van der Waals surface area contributed by atoms with Gasteiger partial charge in [-0.15, -0.1) is 0 Å². The SMILES string of the molecule is CC(C1CC1)C(O)c1ccc2[nH]c3ccccc3c2c1. The third kappa shape index (κ3) is 1.83. The summed E-state index contributed by atoms with van der Waals surface area (Å²) in [6.07, 6.45) is 2.20. The number of H-pyrrole nitrogens is 1. The summed E-state index contributed by atoms with van der Waals surface area (Å²) in [4.78, 5) is 3.43. The highest BCUT2D eigenvalue weighted by molar-refractivity contribution is 6.07. The molecule has 2 aromatic carbocycles. The summed E-state index contributed by atoms with van der Waals surface area (Å²) in [5.74, 6) is 1.07. The van der Waals surface area contributed by atoms with Gasteiger partial charge in [0.25, 0.3) is 0 Å². The highest BCUT2D eigenvalue weighted by Crippen LogP contribution is 2.43. The predicted molar refractivity (Wildman–Crippen MR) is 82.7 cm³/mol. The van der Waals surface area contributed by atoms with Crippen molar-refractivity contribution in [1.82, 2.24) is 4.98 Å². The molecule has 0 spiro atoms. The maximum absolute atomic E-state index is 10.6. The van der Waals surface area contributed by atoms with E-state index in [0.717, 1.165) is 16.6 Å². The second-order valence-corrected chi connectivity index (χ2v) is 6.12. The second kappa shape index (κ2) is 4.35. The molecule has 0 saturated heterocycles. The van der Waals surface area contributed by atoms with Gasteiger partial charge in [0.05, 0.1) is 6.10 Å². The normalized spacial score (nSPS) is 18.5. The average Bonchev–Trinajstić information content (AvgIpc) is 3.26. The van der Waals surface area contributed by atoms with Crippen LogP contribution in [0.2, 0.25) is 0 Å². The molecule has 2 unspecified atom stereocenters. The molecule has 1 aliphatic rings. The second-order valence-electron chi connectivity index (χ2n) is 6.12. The number of aliphatic hydroxyl groups is 1. The van der Waals surface area contributed by atoms with Crippen molar-refractivity contribution in [2.75, 3.05) is 0 Å². The summed E-state index contributed by atoms with van der Waals surface area (Å²) in [5, 5.41) is 13.0. The number of para-hydroxylation sites is 1. The van der Waals surface area contributed by atoms with Crippen molar-refractivity contribution < 1.29 is 5.11 Å². The molecule has 0 bridgehead atoms. The van der Waals surface area contributed by atoms with Gasteiger partial charge in [-0.25, -0.2) is 0 Å². The lowest BCUT2D eigenvalue weighted by molar-refractivity contribution is 0.106. The number of aromatic nitrogens is 1. The fraction of sp³-hybridized carbons (Fsp3) is 0.333. The van der Waals surface area contributed by atoms with E-state index >= 15 is 0 Å². The Hall–Kier alpha value is -1.80. The molecule has 2 nitrogen and oxygen atoms in total. The summed E-state index contributed by atoms with van der Waals surface area (Å²) >= 11 is 0. The number of nitrogens with one attached hydrogen (secondary N) is 1. The number of aliphatic hydroxyl groups excluding tert-OH is 1. The third-order valence-corrected chi connectivity index (χ3v) is 4.74. The van der Waals surface area contributed by atoms with Crippen LogP contribution in [0, 0.1) is 11.8 Å². The highest BCUT2D eigenvalue weighted by atomic mass is 16.3. The minimum absolute atomic E-state index is 0.347. The molecular weight excluding hydrogens is 246 g/mol. The number of benzene rings is 2. The van der Waals surface area contributed by atoms with Crippen molar-refractivity contribution in [3.05, 3.63) is 48.0 Å². The van der Waals surface area contributed by atoms with Crippen LogP contribution < -0.4 is 0 Å². The summed E-state index contributed by atoms with van der Waals surface area (Å²) in [6.45, 7) is 2.17. The van der Waals surface area contributed by atoms with Crippen LogP contribution in [0.1, 0.15) is 31.4 Å². The smallest absolute Gasteiger partial charge is 0.0818 e. The van der Waals surface area contributed by atoms with Gasteiger partial charge in [0, 0.05) is 21.8 Å². The standard InChI is InChI=1S/C18H19NO/c1-11(12-6-7-12)18(20)13-8-9-17-15(10-13)14-4-2-3-5-16(14)19-17/h2-5,8-12,18-20H,6-7H2,1H3. The monoisotopic (exact) mass is 265 g/mol. The van der Waals surface area contributed by atoms with Crippen LogP contribution in [-0.2, 0) is 0 Å². The summed E-state index contributed by atoms with van der Waals surface area (Å²) in [6, 6.07) is 14.6. The molecule has 0 radical (unpaired) electrons. The van der Waals surface area contributed by atoms with E-state index in [2.05, 4.69) is 48.3 Å². The van der Waals surface area contributed by atoms with E-state index in [1.165, 1.54) is 23.6 Å². The number of fused-ring (bicyclic) bond motifs is 3. The Labute approximate surface area is 118 Å². The fourth-order valence-electron chi connectivity index (χ4n) is 3.23. The molecule has 1 fully saturated rings. The van der Waals surface area contributed by atoms with Crippen LogP contribution in [0.5, 0.6) is 0 Å². The van der Waals surface area contributed by atoms with E-state index < -0.39 is 0 Å². The van der Waals surface area contributed by atoms with E-state index in [4.69, 9.17) is 0 Å². The Morgan fingerprint density at radius 3 is 2.60 bits per heavy atom. The van der Waals surface area contributed by atoms with E-state index in [0.29, 0.717) is 11.8 Å². The van der Waals surface area contributed by atoms with Crippen LogP contribution in [0.4, 0.5) is 0 Å². The summed E-state index contributed by atoms with van der Waals surface area (Å²) in [7, 11) is 0. The van der Waals surface area contributed by atoms with Crippen molar-refractivity contribution in [3.63, 3.8) is 0 Å². The van der Waals surface area contributed by atoms with Gasteiger partial charge in [-0.1, -0.05) is 31.2 Å². The maximum Gasteiger partial charge on any atom is 0.0818 e. The number of hydrogen-bond acceptors (Lipinski definition) is 1. The first kappa shape index (κ1) is 12.0. The van der Waals surface area contributed by atoms with Crippen molar-refractivity contribution in [3.8, 4) is 0 Å². The van der Waals surface area contributed by atoms with Crippen LogP contribution in [0.15, 0.2) is 42.5 Å². The first-order valence-corrected chi connectivity index (χ1v) is 7.42. The van der Waals surface area contributed by atoms with Gasteiger partial charge in [-0.2, -0.15) is 0 Å². The van der Waals surface area contributed by atoms with E-state index in [-0.39, 0.29) is 6.10 Å². The van der Waals surface area contributed by atoms with Crippen molar-refractivity contribution >= 4 is 21.8 Å². The van der Waals surface area contributed by atoms with E-state index in [1.807, 2.05) is 6.07 Å². The minimum Gasteiger partial charge on any atom is -0.388 e. The molecule has 1 aliphatic carbocycles. The predicted octanol–water partition coefficient (Wildman–Crippen LogP) is 4.40. The first-order chi connectivity index (χ1) is 9.74. The molecular formula is C18H19NO. The maximum atomic E-state index is 10.6. The minimum atomic E-state index is -0.347. The summed E-state index contributed by atoms with van der Waals surface area (Å²) in [5.41, 5.74) is 3.34. The van der Waals surface area contributed by atoms with Gasteiger partial charge >= 0.3 is 0 Å². The lowest BCUT2D eigenvalue weighted by atomic mass is 9.92. The zero-order valence-corrected chi connectivity index (χ0v) is 11.6. The van der Waals surface area contributed by atoms with Crippen molar-refractivity contribution in [2.45, 2.75) is 25.9 Å². The Bertz CT molecular complexity index is 769. The summed E-state index contributed by atoms with van der Waals surface area (Å²) < 4.78 is 0. The van der Waals surface area contributed by atoms with Crippen LogP contribution >= 0.6 is 0 Å². The highest BCUT2D eigenvalue weighted by Gasteiger charge is 2.33. The Morgan fingerprint density at radius 2 is 1.80 bits per heavy atom. The molecule has 1 heterocycles. The Balaban J connectivity index is 1.82. The quantitative estimate of drug-likeness (QED) is 0.723. The Kier molecular flexibility index (Phi) is 2.61. The van der Waals surface area contributed by atoms with Crippen LogP contribution in [0.3, 0.4) is 0 Å². The number of rotatable bonds is 3. The largest absolute Gasteiger partial charge is 0.388 e. The van der Waals surface area contributed by atoms with Gasteiger partial charge in [-0.05, 0) is 48.4 Å². The van der Waals surface area contributed by atoms with Gasteiger partial charge in [-0.3, -0.25) is 0 Å². The van der Waals surface area contributed by atoms with Crippen molar-refractivity contribution in [1.29, 1.82) is 0 Å². The number of hydrogen-bond donors (Lipinski definition) is 2. The van der Waals surface area contributed by atoms with Crippen molar-refractivity contribution in [2.24, 2.45) is 11.8 Å². The third-order valence-electron chi connectivity index (χ3n) is 4.74.